The van der Waals surface area contributed by atoms with E-state index in [2.05, 4.69) is 0 Å². The third-order valence-electron chi connectivity index (χ3n) is 6.53. The second-order valence-corrected chi connectivity index (χ2v) is 9.14. The monoisotopic (exact) mass is 516 g/mol. The number of hydrogen-bond donors (Lipinski definition) is 1. The molecule has 0 radical (unpaired) electrons. The Morgan fingerprint density at radius 2 is 1.58 bits per heavy atom. The maximum atomic E-state index is 13.5. The van der Waals surface area contributed by atoms with Gasteiger partial charge in [0.25, 0.3) is 11.7 Å². The number of Topliss-reactive ketones (excluding diaryl/α,β-unsaturated/α-hetero) is 1. The maximum Gasteiger partial charge on any atom is 0.300 e. The molecule has 1 aliphatic heterocycles. The lowest BCUT2D eigenvalue weighted by Crippen LogP contribution is -2.29. The van der Waals surface area contributed by atoms with Gasteiger partial charge in [0.1, 0.15) is 23.0 Å². The number of ether oxygens (including phenoxy) is 3. The van der Waals surface area contributed by atoms with Crippen LogP contribution < -0.4 is 24.0 Å². The molecule has 4 rings (SSSR count). The summed E-state index contributed by atoms with van der Waals surface area (Å²) in [5, 5.41) is 11.5. The zero-order valence-corrected chi connectivity index (χ0v) is 22.4. The molecule has 0 aliphatic carbocycles. The number of carbonyl (C=O) groups excluding carboxylic acids is 2. The molecule has 1 heterocycles. The number of anilines is 2. The van der Waals surface area contributed by atoms with Crippen LogP contribution >= 0.6 is 0 Å². The third-order valence-corrected chi connectivity index (χ3v) is 6.53. The van der Waals surface area contributed by atoms with Crippen molar-refractivity contribution in [1.82, 2.24) is 0 Å². The summed E-state index contributed by atoms with van der Waals surface area (Å²) in [7, 11) is 6.88. The van der Waals surface area contributed by atoms with Crippen LogP contribution in [0.1, 0.15) is 29.7 Å². The van der Waals surface area contributed by atoms with Crippen LogP contribution in [0.3, 0.4) is 0 Å². The van der Waals surface area contributed by atoms with Gasteiger partial charge in [0, 0.05) is 43.5 Å². The van der Waals surface area contributed by atoms with E-state index in [9.17, 15) is 14.7 Å². The van der Waals surface area contributed by atoms with Crippen molar-refractivity contribution in [2.75, 3.05) is 44.7 Å². The number of amides is 1. The van der Waals surface area contributed by atoms with E-state index < -0.39 is 17.7 Å². The van der Waals surface area contributed by atoms with Crippen LogP contribution in [0, 0.1) is 6.92 Å². The van der Waals surface area contributed by atoms with Crippen molar-refractivity contribution in [3.05, 3.63) is 82.9 Å². The molecule has 1 unspecified atom stereocenters. The highest BCUT2D eigenvalue weighted by Crippen LogP contribution is 2.44. The Kier molecular flexibility index (Phi) is 7.62. The summed E-state index contributed by atoms with van der Waals surface area (Å²) in [6, 6.07) is 16.8. The molecule has 0 spiro atoms. The van der Waals surface area contributed by atoms with E-state index in [0.29, 0.717) is 40.7 Å². The highest BCUT2D eigenvalue weighted by atomic mass is 16.5. The third kappa shape index (κ3) is 4.89. The molecule has 3 aromatic carbocycles. The van der Waals surface area contributed by atoms with Gasteiger partial charge in [-0.1, -0.05) is 12.1 Å². The first kappa shape index (κ1) is 26.6. The molecule has 1 amide bonds. The first-order chi connectivity index (χ1) is 18.2. The van der Waals surface area contributed by atoms with Gasteiger partial charge in [0.05, 0.1) is 38.1 Å². The van der Waals surface area contributed by atoms with Gasteiger partial charge in [-0.05, 0) is 55.3 Å². The number of methoxy groups -OCH3 is 2. The number of benzene rings is 3. The molecule has 0 saturated carbocycles. The topological polar surface area (TPSA) is 88.5 Å². The number of hydrogen-bond acceptors (Lipinski definition) is 7. The number of aliphatic hydroxyl groups excluding tert-OH is 1. The Bertz CT molecular complexity index is 1370. The summed E-state index contributed by atoms with van der Waals surface area (Å²) in [5.41, 5.74) is 3.25. The van der Waals surface area contributed by atoms with Crippen molar-refractivity contribution in [2.24, 2.45) is 0 Å². The van der Waals surface area contributed by atoms with E-state index >= 15 is 0 Å². The second-order valence-electron chi connectivity index (χ2n) is 9.14. The largest absolute Gasteiger partial charge is 0.507 e. The van der Waals surface area contributed by atoms with Crippen LogP contribution in [0.25, 0.3) is 5.76 Å². The molecule has 0 aromatic heterocycles. The fourth-order valence-corrected chi connectivity index (χ4v) is 4.57. The quantitative estimate of drug-likeness (QED) is 0.253. The minimum absolute atomic E-state index is 0.00190. The SMILES string of the molecule is CCOc1ccc(/C(O)=C2\C(=O)C(=O)N(c3cc(OC)cc(OC)c3)C2c2ccc(N(C)C)cc2)cc1C. The molecule has 8 nitrogen and oxygen atoms in total. The standard InChI is InChI=1S/C30H32N2O6/c1-7-38-25-13-10-20(14-18(25)2)28(33)26-27(19-8-11-21(12-9-19)31(3)4)32(30(35)29(26)34)22-15-23(36-5)17-24(16-22)37-6/h8-17,27,33H,7H2,1-6H3/b28-26+. The predicted octanol–water partition coefficient (Wildman–Crippen LogP) is 5.10. The van der Waals surface area contributed by atoms with E-state index in [0.717, 1.165) is 11.3 Å². The molecule has 38 heavy (non-hydrogen) atoms. The lowest BCUT2D eigenvalue weighted by Gasteiger charge is -2.26. The summed E-state index contributed by atoms with van der Waals surface area (Å²) in [5.74, 6) is -0.184. The van der Waals surface area contributed by atoms with Crippen molar-refractivity contribution in [1.29, 1.82) is 0 Å². The van der Waals surface area contributed by atoms with Crippen LogP contribution in [0.5, 0.6) is 17.2 Å². The summed E-state index contributed by atoms with van der Waals surface area (Å²) in [6.07, 6.45) is 0. The fourth-order valence-electron chi connectivity index (χ4n) is 4.57. The minimum atomic E-state index is -0.880. The summed E-state index contributed by atoms with van der Waals surface area (Å²) in [4.78, 5) is 30.4. The van der Waals surface area contributed by atoms with Gasteiger partial charge in [-0.3, -0.25) is 14.5 Å². The normalized spacial score (nSPS) is 16.5. The van der Waals surface area contributed by atoms with E-state index in [1.165, 1.54) is 19.1 Å². The van der Waals surface area contributed by atoms with Crippen LogP contribution in [0.2, 0.25) is 0 Å². The van der Waals surface area contributed by atoms with Crippen LogP contribution in [0.15, 0.2) is 66.2 Å². The Morgan fingerprint density at radius 1 is 0.947 bits per heavy atom. The molecule has 8 heteroatoms. The number of ketones is 1. The van der Waals surface area contributed by atoms with Crippen LogP contribution in [0.4, 0.5) is 11.4 Å². The molecule has 0 bridgehead atoms. The zero-order chi connectivity index (χ0) is 27.6. The Hall–Kier alpha value is -4.46. The van der Waals surface area contributed by atoms with Crippen LogP contribution in [-0.4, -0.2) is 51.7 Å². The van der Waals surface area contributed by atoms with E-state index in [4.69, 9.17) is 14.2 Å². The van der Waals surface area contributed by atoms with Gasteiger partial charge in [-0.25, -0.2) is 0 Å². The second kappa shape index (κ2) is 10.9. The summed E-state index contributed by atoms with van der Waals surface area (Å²) >= 11 is 0. The molecule has 3 aromatic rings. The summed E-state index contributed by atoms with van der Waals surface area (Å²) in [6.45, 7) is 4.26. The van der Waals surface area contributed by atoms with Crippen molar-refractivity contribution < 1.29 is 28.9 Å². The van der Waals surface area contributed by atoms with Crippen LogP contribution in [-0.2, 0) is 9.59 Å². The first-order valence-corrected chi connectivity index (χ1v) is 12.2. The Balaban J connectivity index is 1.94. The van der Waals surface area contributed by atoms with Gasteiger partial charge < -0.3 is 24.2 Å². The summed E-state index contributed by atoms with van der Waals surface area (Å²) < 4.78 is 16.4. The smallest absolute Gasteiger partial charge is 0.300 e. The van der Waals surface area contributed by atoms with E-state index in [1.807, 2.05) is 57.1 Å². The number of aryl methyl sites for hydroxylation is 1. The number of nitrogens with zero attached hydrogens (tertiary/aromatic N) is 2. The highest BCUT2D eigenvalue weighted by molar-refractivity contribution is 6.51. The fraction of sp³-hybridized carbons (Fsp3) is 0.267. The molecule has 1 fully saturated rings. The molecular formula is C30H32N2O6. The molecule has 1 saturated heterocycles. The molecule has 1 aliphatic rings. The number of rotatable bonds is 8. The average molecular weight is 517 g/mol. The molecule has 198 valence electrons. The highest BCUT2D eigenvalue weighted by Gasteiger charge is 2.47. The lowest BCUT2D eigenvalue weighted by molar-refractivity contribution is -0.132. The molecule has 1 N–H and O–H groups in total. The number of carbonyl (C=O) groups is 2. The number of aliphatic hydroxyl groups is 1. The van der Waals surface area contributed by atoms with Crippen molar-refractivity contribution >= 4 is 28.8 Å². The van der Waals surface area contributed by atoms with Gasteiger partial charge in [0.2, 0.25) is 0 Å². The average Bonchev–Trinajstić information content (AvgIpc) is 3.19. The minimum Gasteiger partial charge on any atom is -0.507 e. The van der Waals surface area contributed by atoms with Gasteiger partial charge in [-0.2, -0.15) is 0 Å². The van der Waals surface area contributed by atoms with Crippen molar-refractivity contribution in [2.45, 2.75) is 19.9 Å². The van der Waals surface area contributed by atoms with Crippen molar-refractivity contribution in [3.63, 3.8) is 0 Å². The van der Waals surface area contributed by atoms with E-state index in [1.54, 1.807) is 36.4 Å². The maximum absolute atomic E-state index is 13.5. The Labute approximate surface area is 222 Å². The lowest BCUT2D eigenvalue weighted by atomic mass is 9.94. The molecular weight excluding hydrogens is 484 g/mol. The van der Waals surface area contributed by atoms with Gasteiger partial charge >= 0.3 is 0 Å². The van der Waals surface area contributed by atoms with Gasteiger partial charge in [-0.15, -0.1) is 0 Å². The van der Waals surface area contributed by atoms with Crippen molar-refractivity contribution in [3.8, 4) is 17.2 Å². The zero-order valence-electron chi connectivity index (χ0n) is 22.4. The molecule has 1 atom stereocenters. The predicted molar refractivity (Wildman–Crippen MR) is 147 cm³/mol. The Morgan fingerprint density at radius 3 is 2.11 bits per heavy atom. The first-order valence-electron chi connectivity index (χ1n) is 12.2. The van der Waals surface area contributed by atoms with Gasteiger partial charge in [0.15, 0.2) is 0 Å². The van der Waals surface area contributed by atoms with E-state index in [-0.39, 0.29) is 11.3 Å².